The predicted octanol–water partition coefficient (Wildman–Crippen LogP) is 4.00. The summed E-state index contributed by atoms with van der Waals surface area (Å²) in [6, 6.07) is 10.2. The van der Waals surface area contributed by atoms with Crippen LogP contribution >= 0.6 is 11.6 Å². The fourth-order valence-electron chi connectivity index (χ4n) is 4.62. The number of likely N-dealkylation sites (tertiary alicyclic amines) is 2. The summed E-state index contributed by atoms with van der Waals surface area (Å²) in [5, 5.41) is 0.437. The summed E-state index contributed by atoms with van der Waals surface area (Å²) in [5.41, 5.74) is 1.25. The van der Waals surface area contributed by atoms with E-state index in [1.54, 1.807) is 29.5 Å². The maximum absolute atomic E-state index is 12.0. The number of rotatable bonds is 7. The third-order valence-electron chi connectivity index (χ3n) is 6.36. The lowest BCUT2D eigenvalue weighted by molar-refractivity contribution is -0.129. The van der Waals surface area contributed by atoms with Gasteiger partial charge in [0.2, 0.25) is 17.1 Å². The Balaban J connectivity index is 0.000000162. The van der Waals surface area contributed by atoms with E-state index >= 15 is 0 Å². The van der Waals surface area contributed by atoms with Gasteiger partial charge < -0.3 is 18.9 Å². The van der Waals surface area contributed by atoms with Crippen LogP contribution in [0.2, 0.25) is 5.28 Å². The predicted molar refractivity (Wildman–Crippen MR) is 130 cm³/mol. The van der Waals surface area contributed by atoms with Crippen molar-refractivity contribution in [2.75, 3.05) is 13.1 Å². The monoisotopic (exact) mass is 482 g/mol. The van der Waals surface area contributed by atoms with Crippen molar-refractivity contribution in [3.63, 3.8) is 0 Å². The van der Waals surface area contributed by atoms with Gasteiger partial charge in [-0.25, -0.2) is 9.97 Å². The van der Waals surface area contributed by atoms with Crippen LogP contribution in [-0.4, -0.2) is 53.8 Å². The van der Waals surface area contributed by atoms with Gasteiger partial charge in [0.25, 0.3) is 0 Å². The van der Waals surface area contributed by atoms with Crippen LogP contribution in [0.15, 0.2) is 61.4 Å². The van der Waals surface area contributed by atoms with Gasteiger partial charge in [-0.2, -0.15) is 0 Å². The molecule has 2 aliphatic heterocycles. The SMILES string of the molecule is CCCC1CC(=O)N(Cn2ccnc2Cl)C1.O=C1CC(c2ccccc2)CN1Cn1ccnc1. The van der Waals surface area contributed by atoms with Crippen molar-refractivity contribution in [2.45, 2.75) is 51.9 Å². The maximum atomic E-state index is 12.0. The molecule has 2 fully saturated rings. The lowest BCUT2D eigenvalue weighted by Gasteiger charge is -2.17. The number of nitrogens with zero attached hydrogens (tertiary/aromatic N) is 6. The molecule has 34 heavy (non-hydrogen) atoms. The van der Waals surface area contributed by atoms with Gasteiger partial charge in [-0.3, -0.25) is 9.59 Å². The second kappa shape index (κ2) is 11.3. The van der Waals surface area contributed by atoms with Gasteiger partial charge in [-0.15, -0.1) is 0 Å². The van der Waals surface area contributed by atoms with E-state index in [0.29, 0.717) is 43.3 Å². The van der Waals surface area contributed by atoms with Crippen LogP contribution in [0.3, 0.4) is 0 Å². The summed E-state index contributed by atoms with van der Waals surface area (Å²) in [4.78, 5) is 35.4. The number of benzene rings is 1. The highest BCUT2D eigenvalue weighted by Crippen LogP contribution is 2.28. The fourth-order valence-corrected chi connectivity index (χ4v) is 4.78. The second-order valence-electron chi connectivity index (χ2n) is 8.93. The van der Waals surface area contributed by atoms with E-state index in [4.69, 9.17) is 11.6 Å². The molecule has 2 aromatic heterocycles. The average molecular weight is 483 g/mol. The third kappa shape index (κ3) is 6.05. The van der Waals surface area contributed by atoms with Crippen molar-refractivity contribution < 1.29 is 9.59 Å². The van der Waals surface area contributed by atoms with Crippen molar-refractivity contribution in [2.24, 2.45) is 5.92 Å². The molecule has 0 saturated carbocycles. The fraction of sp³-hybridized carbons (Fsp3) is 0.440. The number of hydrogen-bond donors (Lipinski definition) is 0. The normalized spacial score (nSPS) is 20.1. The third-order valence-corrected chi connectivity index (χ3v) is 6.67. The first kappa shape index (κ1) is 24.0. The molecule has 4 heterocycles. The molecule has 0 spiro atoms. The number of halogens is 1. The topological polar surface area (TPSA) is 76.3 Å². The van der Waals surface area contributed by atoms with Gasteiger partial charge in [0, 0.05) is 56.6 Å². The van der Waals surface area contributed by atoms with Gasteiger partial charge >= 0.3 is 0 Å². The van der Waals surface area contributed by atoms with Gasteiger partial charge in [0.15, 0.2) is 0 Å². The van der Waals surface area contributed by atoms with Crippen LogP contribution in [0.1, 0.15) is 44.1 Å². The summed E-state index contributed by atoms with van der Waals surface area (Å²) < 4.78 is 3.71. The molecule has 1 aromatic carbocycles. The first-order valence-corrected chi connectivity index (χ1v) is 12.1. The lowest BCUT2D eigenvalue weighted by atomic mass is 9.99. The molecule has 0 aliphatic carbocycles. The summed E-state index contributed by atoms with van der Waals surface area (Å²) in [5.74, 6) is 1.28. The minimum Gasteiger partial charge on any atom is -0.324 e. The van der Waals surface area contributed by atoms with Gasteiger partial charge in [0.05, 0.1) is 19.7 Å². The number of imidazole rings is 2. The van der Waals surface area contributed by atoms with Crippen molar-refractivity contribution in [1.29, 1.82) is 0 Å². The Morgan fingerprint density at radius 3 is 2.41 bits per heavy atom. The molecule has 0 radical (unpaired) electrons. The number of amides is 2. The standard InChI is InChI=1S/C14H15N3O.C11H16ClN3O/c18-14-8-13(12-4-2-1-3-5-12)9-17(14)11-16-7-6-15-10-16;1-2-3-9-6-10(16)15(7-9)8-14-5-4-13-11(14)12/h1-7,10,13H,8-9,11H2;4-5,9H,2-3,6-8H2,1H3. The molecule has 0 bridgehead atoms. The Hall–Kier alpha value is -3.13. The van der Waals surface area contributed by atoms with Gasteiger partial charge in [-0.1, -0.05) is 43.7 Å². The zero-order valence-electron chi connectivity index (χ0n) is 19.5. The van der Waals surface area contributed by atoms with E-state index in [1.165, 1.54) is 5.56 Å². The van der Waals surface area contributed by atoms with Crippen LogP contribution in [0, 0.1) is 5.92 Å². The van der Waals surface area contributed by atoms with Crippen molar-refractivity contribution in [3.8, 4) is 0 Å². The molecule has 9 heteroatoms. The van der Waals surface area contributed by atoms with E-state index in [1.807, 2.05) is 38.8 Å². The van der Waals surface area contributed by atoms with E-state index in [0.717, 1.165) is 25.9 Å². The van der Waals surface area contributed by atoms with Crippen molar-refractivity contribution >= 4 is 23.4 Å². The molecule has 2 amide bonds. The average Bonchev–Trinajstić information content (AvgIpc) is 3.62. The van der Waals surface area contributed by atoms with E-state index in [2.05, 4.69) is 29.0 Å². The Bertz CT molecular complexity index is 1070. The molecular weight excluding hydrogens is 452 g/mol. The number of hydrogen-bond acceptors (Lipinski definition) is 4. The first-order valence-electron chi connectivity index (χ1n) is 11.8. The zero-order valence-corrected chi connectivity index (χ0v) is 20.2. The molecule has 5 rings (SSSR count). The van der Waals surface area contributed by atoms with Crippen LogP contribution in [0.4, 0.5) is 0 Å². The smallest absolute Gasteiger partial charge is 0.224 e. The molecule has 2 saturated heterocycles. The quantitative estimate of drug-likeness (QED) is 0.510. The van der Waals surface area contributed by atoms with Crippen LogP contribution in [0.5, 0.6) is 0 Å². The molecule has 2 aliphatic rings. The Labute approximate surface area is 205 Å². The molecule has 2 unspecified atom stereocenters. The molecule has 180 valence electrons. The second-order valence-corrected chi connectivity index (χ2v) is 9.27. The van der Waals surface area contributed by atoms with E-state index in [9.17, 15) is 9.59 Å². The zero-order chi connectivity index (χ0) is 23.9. The summed E-state index contributed by atoms with van der Waals surface area (Å²) >= 11 is 5.88. The Morgan fingerprint density at radius 2 is 1.74 bits per heavy atom. The van der Waals surface area contributed by atoms with Crippen LogP contribution in [0.25, 0.3) is 0 Å². The van der Waals surface area contributed by atoms with E-state index < -0.39 is 0 Å². The number of aromatic nitrogens is 4. The molecule has 0 N–H and O–H groups in total. The summed E-state index contributed by atoms with van der Waals surface area (Å²) in [7, 11) is 0. The largest absolute Gasteiger partial charge is 0.324 e. The highest BCUT2D eigenvalue weighted by Gasteiger charge is 2.30. The summed E-state index contributed by atoms with van der Waals surface area (Å²) in [6.07, 6.45) is 12.3. The van der Waals surface area contributed by atoms with Crippen LogP contribution in [-0.2, 0) is 22.9 Å². The van der Waals surface area contributed by atoms with Crippen molar-refractivity contribution in [1.82, 2.24) is 28.9 Å². The minimum absolute atomic E-state index is 0.220. The van der Waals surface area contributed by atoms with E-state index in [-0.39, 0.29) is 11.8 Å². The highest BCUT2D eigenvalue weighted by molar-refractivity contribution is 6.28. The molecule has 2 atom stereocenters. The Morgan fingerprint density at radius 1 is 0.971 bits per heavy atom. The van der Waals surface area contributed by atoms with Gasteiger partial charge in [-0.05, 0) is 29.5 Å². The number of carbonyl (C=O) groups excluding carboxylic acids is 2. The maximum Gasteiger partial charge on any atom is 0.224 e. The highest BCUT2D eigenvalue weighted by atomic mass is 35.5. The number of carbonyl (C=O) groups is 2. The van der Waals surface area contributed by atoms with Gasteiger partial charge in [0.1, 0.15) is 0 Å². The molecule has 3 aromatic rings. The van der Waals surface area contributed by atoms with Crippen LogP contribution < -0.4 is 0 Å². The minimum atomic E-state index is 0.220. The lowest BCUT2D eigenvalue weighted by Crippen LogP contribution is -2.27. The first-order chi connectivity index (χ1) is 16.5. The Kier molecular flexibility index (Phi) is 8.00. The summed E-state index contributed by atoms with van der Waals surface area (Å²) in [6.45, 7) is 4.92. The molecule has 8 nitrogen and oxygen atoms in total. The molecular formula is C25H31ClN6O2. The van der Waals surface area contributed by atoms with Crippen molar-refractivity contribution in [3.05, 3.63) is 72.3 Å².